The van der Waals surface area contributed by atoms with Crippen LogP contribution in [0, 0.1) is 0 Å². The number of hydrogen-bond acceptors (Lipinski definition) is 4. The van der Waals surface area contributed by atoms with Crippen LogP contribution >= 0.6 is 0 Å². The Morgan fingerprint density at radius 3 is 0.691 bits per heavy atom. The largest absolute Gasteiger partial charge is 0.256 e. The lowest BCUT2D eigenvalue weighted by Gasteiger charge is -2.22. The fourth-order valence-electron chi connectivity index (χ4n) is 15.5. The number of nitrogens with zero attached hydrogens (tertiary/aromatic N) is 4. The van der Waals surface area contributed by atoms with Crippen LogP contribution in [0.15, 0.2) is 328 Å². The van der Waals surface area contributed by atoms with Crippen molar-refractivity contribution in [3.8, 4) is 89.0 Å². The summed E-state index contributed by atoms with van der Waals surface area (Å²) in [5.41, 5.74) is 22.1. The summed E-state index contributed by atoms with van der Waals surface area (Å²) in [5.74, 6) is 0. The molecule has 0 saturated carbocycles. The van der Waals surface area contributed by atoms with E-state index in [1.165, 1.54) is 32.7 Å². The van der Waals surface area contributed by atoms with Gasteiger partial charge in [0.1, 0.15) is 0 Å². The molecule has 0 aliphatic rings. The van der Waals surface area contributed by atoms with Crippen LogP contribution in [0.1, 0.15) is 0 Å². The van der Waals surface area contributed by atoms with E-state index in [-0.39, 0.29) is 0 Å². The second kappa shape index (κ2) is 21.6. The van der Waals surface area contributed by atoms with Gasteiger partial charge >= 0.3 is 0 Å². The minimum Gasteiger partial charge on any atom is -0.256 e. The molecule has 19 aromatic rings. The van der Waals surface area contributed by atoms with Crippen LogP contribution in [0.4, 0.5) is 0 Å². The summed E-state index contributed by atoms with van der Waals surface area (Å²) in [4.78, 5) is 20.6. The first-order chi connectivity index (χ1) is 46.7. The Morgan fingerprint density at radius 1 is 0.149 bits per heavy atom. The number of hydrogen-bond donors (Lipinski definition) is 0. The van der Waals surface area contributed by atoms with Gasteiger partial charge in [-0.3, -0.25) is 19.9 Å². The van der Waals surface area contributed by atoms with E-state index >= 15 is 0 Å². The second-order valence-corrected chi connectivity index (χ2v) is 24.6. The number of pyridine rings is 4. The van der Waals surface area contributed by atoms with Crippen molar-refractivity contribution in [3.63, 3.8) is 0 Å². The molecule has 0 aliphatic carbocycles. The van der Waals surface area contributed by atoms with Gasteiger partial charge in [0.25, 0.3) is 0 Å². The molecule has 0 unspecified atom stereocenters. The SMILES string of the molecule is c1ccc(-c2ccc3c(-c4cccc5cccnc45)c4cc(-c5c6ccccc6c(-c6ccc7c(-c8cccc9cccnc89)c8cc(-c9ccccc9)ccc8c(-c8cccc9cccnc89)c7c6)c6ccccc56)ccc4c(-c4cccc5cccnc45)c3c2)cc1. The van der Waals surface area contributed by atoms with Gasteiger partial charge in [-0.1, -0.05) is 255 Å². The Labute approximate surface area is 542 Å². The van der Waals surface area contributed by atoms with Crippen LogP contribution in [0.3, 0.4) is 0 Å². The van der Waals surface area contributed by atoms with Gasteiger partial charge < -0.3 is 0 Å². The number of para-hydroxylation sites is 4. The van der Waals surface area contributed by atoms with Crippen molar-refractivity contribution in [1.29, 1.82) is 0 Å². The van der Waals surface area contributed by atoms with Crippen molar-refractivity contribution in [2.24, 2.45) is 0 Å². The molecule has 4 heteroatoms. The molecule has 0 amide bonds. The summed E-state index contributed by atoms with van der Waals surface area (Å²) in [7, 11) is 0. The quantitative estimate of drug-likeness (QED) is 0.142. The molecule has 0 fully saturated rings. The number of fused-ring (bicyclic) bond motifs is 10. The normalized spacial score (nSPS) is 11.8. The Bertz CT molecular complexity index is 5890. The number of aromatic nitrogens is 4. The zero-order valence-corrected chi connectivity index (χ0v) is 51.0. The van der Waals surface area contributed by atoms with Gasteiger partial charge in [-0.25, -0.2) is 0 Å². The van der Waals surface area contributed by atoms with Crippen molar-refractivity contribution in [2.45, 2.75) is 0 Å². The maximum atomic E-state index is 5.16. The zero-order valence-electron chi connectivity index (χ0n) is 51.0. The molecule has 0 saturated heterocycles. The van der Waals surface area contributed by atoms with Gasteiger partial charge in [-0.15, -0.1) is 0 Å². The average Bonchev–Trinajstić information content (AvgIpc) is 0.720. The van der Waals surface area contributed by atoms with Crippen LogP contribution in [0.5, 0.6) is 0 Å². The van der Waals surface area contributed by atoms with E-state index < -0.39 is 0 Å². The van der Waals surface area contributed by atoms with E-state index in [1.54, 1.807) is 0 Å². The number of rotatable bonds is 8. The van der Waals surface area contributed by atoms with Crippen LogP contribution in [-0.4, -0.2) is 19.9 Å². The highest BCUT2D eigenvalue weighted by Gasteiger charge is 2.26. The summed E-state index contributed by atoms with van der Waals surface area (Å²) in [6.07, 6.45) is 7.69. The van der Waals surface area contributed by atoms with Crippen molar-refractivity contribution in [3.05, 3.63) is 328 Å². The maximum Gasteiger partial charge on any atom is 0.0780 e. The highest BCUT2D eigenvalue weighted by Crippen LogP contribution is 2.53. The zero-order chi connectivity index (χ0) is 61.8. The second-order valence-electron chi connectivity index (χ2n) is 24.6. The molecule has 19 rings (SSSR count). The molecule has 15 aromatic carbocycles. The first kappa shape index (κ1) is 53.3. The van der Waals surface area contributed by atoms with Gasteiger partial charge in [0.05, 0.1) is 22.1 Å². The van der Waals surface area contributed by atoms with E-state index in [9.17, 15) is 0 Å². The molecule has 434 valence electrons. The molecule has 0 atom stereocenters. The van der Waals surface area contributed by atoms with E-state index in [0.717, 1.165) is 165 Å². The molecule has 0 aliphatic heterocycles. The van der Waals surface area contributed by atoms with Gasteiger partial charge in [-0.2, -0.15) is 0 Å². The molecule has 4 heterocycles. The molecule has 0 spiro atoms. The molecule has 0 bridgehead atoms. The maximum absolute atomic E-state index is 5.16. The fraction of sp³-hybridized carbons (Fsp3) is 0. The smallest absolute Gasteiger partial charge is 0.0780 e. The minimum absolute atomic E-state index is 0.964. The molecule has 94 heavy (non-hydrogen) atoms. The molecular formula is C90H54N4. The average molecular weight is 1190 g/mol. The molecule has 0 radical (unpaired) electrons. The predicted molar refractivity (Wildman–Crippen MR) is 396 cm³/mol. The van der Waals surface area contributed by atoms with Crippen LogP contribution in [-0.2, 0) is 0 Å². The summed E-state index contributed by atoms with van der Waals surface area (Å²) in [6, 6.07) is 111. The Kier molecular flexibility index (Phi) is 12.3. The van der Waals surface area contributed by atoms with E-state index in [4.69, 9.17) is 19.9 Å². The lowest BCUT2D eigenvalue weighted by atomic mass is 9.81. The van der Waals surface area contributed by atoms with Crippen LogP contribution < -0.4 is 0 Å². The fourth-order valence-corrected chi connectivity index (χ4v) is 15.5. The van der Waals surface area contributed by atoms with Gasteiger partial charge in [0.15, 0.2) is 0 Å². The van der Waals surface area contributed by atoms with Crippen LogP contribution in [0.2, 0.25) is 0 Å². The third-order valence-electron chi connectivity index (χ3n) is 19.6. The summed E-state index contributed by atoms with van der Waals surface area (Å²) in [5, 5.41) is 18.2. The third kappa shape index (κ3) is 8.40. The lowest BCUT2D eigenvalue weighted by Crippen LogP contribution is -1.96. The molecule has 0 N–H and O–H groups in total. The standard InChI is InChI=1S/C90H54N4/c1-3-19-55(20-4-1)61-39-43-69-77(51-61)83(73-35-11-23-57-27-15-47-91-87(57)73)71-45-41-63(53-79(71)85(69)75-37-13-25-59-29-17-49-93-89(59)75)81-65-31-7-9-33-67(65)82(68-34-10-8-32-66(68)81)64-42-46-72-80(54-64)86(76-38-14-26-60-30-18-50-94-90(60)76)70-44-40-62(56-21-5-2-6-22-56)52-78(70)84(72)74-36-12-24-58-28-16-48-92-88(58)74/h1-54H. The number of benzene rings is 15. The Balaban J connectivity index is 0.909. The van der Waals surface area contributed by atoms with Crippen LogP contribution in [0.25, 0.3) is 197 Å². The highest BCUT2D eigenvalue weighted by molar-refractivity contribution is 6.30. The van der Waals surface area contributed by atoms with E-state index in [0.29, 0.717) is 0 Å². The lowest BCUT2D eigenvalue weighted by molar-refractivity contribution is 1.41. The minimum atomic E-state index is 0.964. The molecule has 4 aromatic heterocycles. The summed E-state index contributed by atoms with van der Waals surface area (Å²) in [6.45, 7) is 0. The first-order valence-corrected chi connectivity index (χ1v) is 32.2. The molecular weight excluding hydrogens is 1140 g/mol. The monoisotopic (exact) mass is 1190 g/mol. The topological polar surface area (TPSA) is 51.6 Å². The summed E-state index contributed by atoms with van der Waals surface area (Å²) >= 11 is 0. The summed E-state index contributed by atoms with van der Waals surface area (Å²) < 4.78 is 0. The van der Waals surface area contributed by atoms with Gasteiger partial charge in [0, 0.05) is 68.6 Å². The Hall–Kier alpha value is -12.5. The third-order valence-corrected chi connectivity index (χ3v) is 19.6. The van der Waals surface area contributed by atoms with E-state index in [1.807, 2.05) is 49.1 Å². The van der Waals surface area contributed by atoms with Crippen molar-refractivity contribution >= 4 is 108 Å². The van der Waals surface area contributed by atoms with Crippen molar-refractivity contribution in [2.75, 3.05) is 0 Å². The van der Waals surface area contributed by atoms with Gasteiger partial charge in [0.2, 0.25) is 0 Å². The Morgan fingerprint density at radius 2 is 0.394 bits per heavy atom. The van der Waals surface area contributed by atoms with Crippen molar-refractivity contribution in [1.82, 2.24) is 19.9 Å². The predicted octanol–water partition coefficient (Wildman–Crippen LogP) is 24.1. The van der Waals surface area contributed by atoms with Gasteiger partial charge in [-0.05, 0) is 180 Å². The molecule has 4 nitrogen and oxygen atoms in total. The highest BCUT2D eigenvalue weighted by atomic mass is 14.7. The van der Waals surface area contributed by atoms with E-state index in [2.05, 4.69) is 279 Å². The first-order valence-electron chi connectivity index (χ1n) is 32.2. The van der Waals surface area contributed by atoms with Crippen molar-refractivity contribution < 1.29 is 0 Å².